The van der Waals surface area contributed by atoms with Crippen molar-refractivity contribution in [3.05, 3.63) is 41.5 Å². The molecule has 0 bridgehead atoms. The van der Waals surface area contributed by atoms with E-state index in [-0.39, 0.29) is 13.2 Å². The first-order valence-corrected chi connectivity index (χ1v) is 5.76. The summed E-state index contributed by atoms with van der Waals surface area (Å²) in [7, 11) is 0. The fourth-order valence-electron chi connectivity index (χ4n) is 1.70. The van der Waals surface area contributed by atoms with Gasteiger partial charge in [0.1, 0.15) is 0 Å². The van der Waals surface area contributed by atoms with Gasteiger partial charge in [-0.1, -0.05) is 35.9 Å². The van der Waals surface area contributed by atoms with Crippen molar-refractivity contribution < 1.29 is 9.90 Å². The first-order valence-electron chi connectivity index (χ1n) is 5.38. The second kappa shape index (κ2) is 6.42. The van der Waals surface area contributed by atoms with Crippen LogP contribution in [0.3, 0.4) is 0 Å². The molecule has 0 unspecified atom stereocenters. The van der Waals surface area contributed by atoms with Gasteiger partial charge in [0, 0.05) is 0 Å². The van der Waals surface area contributed by atoms with Crippen LogP contribution in [0.15, 0.2) is 35.9 Å². The van der Waals surface area contributed by atoms with Crippen molar-refractivity contribution in [1.82, 2.24) is 4.90 Å². The molecule has 0 heterocycles. The molecule has 92 valence electrons. The largest absolute Gasteiger partial charge is 0.395 e. The van der Waals surface area contributed by atoms with Crippen LogP contribution in [0.1, 0.15) is 19.4 Å². The number of rotatable bonds is 4. The van der Waals surface area contributed by atoms with Crippen LogP contribution in [0.2, 0.25) is 0 Å². The van der Waals surface area contributed by atoms with Crippen molar-refractivity contribution in [2.24, 2.45) is 0 Å². The molecule has 1 N–H and O–H groups in total. The Bertz CT molecular complexity index is 411. The predicted molar refractivity (Wildman–Crippen MR) is 69.8 cm³/mol. The van der Waals surface area contributed by atoms with E-state index in [0.29, 0.717) is 0 Å². The normalized spacial score (nSPS) is 9.88. The van der Waals surface area contributed by atoms with Crippen LogP contribution in [0.4, 0.5) is 4.79 Å². The van der Waals surface area contributed by atoms with Gasteiger partial charge in [-0.15, -0.1) is 0 Å². The summed E-state index contributed by atoms with van der Waals surface area (Å²) >= 11 is 5.55. The molecule has 0 aliphatic rings. The van der Waals surface area contributed by atoms with Gasteiger partial charge in [0.15, 0.2) is 0 Å². The Morgan fingerprint density at radius 2 is 1.88 bits per heavy atom. The molecular weight excluding hydrogens is 238 g/mol. The maximum Gasteiger partial charge on any atom is 0.320 e. The van der Waals surface area contributed by atoms with Gasteiger partial charge >= 0.3 is 5.37 Å². The lowest BCUT2D eigenvalue weighted by atomic mass is 10.1. The Kier molecular flexibility index (Phi) is 5.19. The van der Waals surface area contributed by atoms with Gasteiger partial charge in [0.2, 0.25) is 0 Å². The Balaban J connectivity index is 3.19. The van der Waals surface area contributed by atoms with E-state index < -0.39 is 5.37 Å². The molecule has 1 aromatic rings. The molecule has 0 spiro atoms. The monoisotopic (exact) mass is 253 g/mol. The van der Waals surface area contributed by atoms with Gasteiger partial charge in [0.25, 0.3) is 0 Å². The molecule has 0 saturated heterocycles. The van der Waals surface area contributed by atoms with Crippen molar-refractivity contribution in [2.45, 2.75) is 13.8 Å². The molecule has 4 heteroatoms. The van der Waals surface area contributed by atoms with E-state index in [9.17, 15) is 4.79 Å². The Morgan fingerprint density at radius 3 is 2.29 bits per heavy atom. The standard InChI is InChI=1S/C13H16ClNO2/c1-10(2)12(11-6-4-3-5-7-11)15(8-9-16)13(14)17/h3-7,16H,8-9H2,1-2H3. The minimum atomic E-state index is -0.584. The van der Waals surface area contributed by atoms with Crippen molar-refractivity contribution in [3.8, 4) is 0 Å². The van der Waals surface area contributed by atoms with E-state index >= 15 is 0 Å². The average molecular weight is 254 g/mol. The second-order valence-corrected chi connectivity index (χ2v) is 4.17. The smallest absolute Gasteiger partial charge is 0.320 e. The highest BCUT2D eigenvalue weighted by Crippen LogP contribution is 2.24. The average Bonchev–Trinajstić information content (AvgIpc) is 2.29. The summed E-state index contributed by atoms with van der Waals surface area (Å²) in [5.74, 6) is 0. The molecule has 1 rings (SSSR count). The Morgan fingerprint density at radius 1 is 1.29 bits per heavy atom. The van der Waals surface area contributed by atoms with Crippen LogP contribution < -0.4 is 0 Å². The number of hydrogen-bond donors (Lipinski definition) is 1. The number of nitrogens with zero attached hydrogens (tertiary/aromatic N) is 1. The first kappa shape index (κ1) is 13.7. The molecule has 17 heavy (non-hydrogen) atoms. The zero-order chi connectivity index (χ0) is 12.8. The highest BCUT2D eigenvalue weighted by molar-refractivity contribution is 6.63. The summed E-state index contributed by atoms with van der Waals surface area (Å²) in [6.45, 7) is 3.89. The number of benzene rings is 1. The minimum absolute atomic E-state index is 0.123. The molecule has 0 fully saturated rings. The lowest BCUT2D eigenvalue weighted by Gasteiger charge is -2.24. The number of hydrogen-bond acceptors (Lipinski definition) is 2. The maximum atomic E-state index is 11.4. The highest BCUT2D eigenvalue weighted by Gasteiger charge is 2.18. The van der Waals surface area contributed by atoms with E-state index in [1.807, 2.05) is 44.2 Å². The number of aliphatic hydroxyl groups excluding tert-OH is 1. The van der Waals surface area contributed by atoms with Crippen LogP contribution in [0.5, 0.6) is 0 Å². The van der Waals surface area contributed by atoms with E-state index in [4.69, 9.17) is 16.7 Å². The van der Waals surface area contributed by atoms with Gasteiger partial charge in [0.05, 0.1) is 18.8 Å². The molecule has 0 aliphatic carbocycles. The van der Waals surface area contributed by atoms with Crippen LogP contribution in [-0.4, -0.2) is 28.5 Å². The van der Waals surface area contributed by atoms with Gasteiger partial charge in [-0.2, -0.15) is 0 Å². The number of carbonyl (C=O) groups is 1. The van der Waals surface area contributed by atoms with E-state index in [2.05, 4.69) is 0 Å². The van der Waals surface area contributed by atoms with E-state index in [1.165, 1.54) is 4.90 Å². The fourth-order valence-corrected chi connectivity index (χ4v) is 1.87. The van der Waals surface area contributed by atoms with Crippen LogP contribution in [0, 0.1) is 0 Å². The van der Waals surface area contributed by atoms with Gasteiger partial charge in [-0.05, 0) is 31.0 Å². The number of carbonyl (C=O) groups excluding carboxylic acids is 1. The number of aliphatic hydroxyl groups is 1. The van der Waals surface area contributed by atoms with Gasteiger partial charge < -0.3 is 5.11 Å². The Labute approximate surface area is 106 Å². The van der Waals surface area contributed by atoms with Gasteiger partial charge in [-0.3, -0.25) is 9.69 Å². The minimum Gasteiger partial charge on any atom is -0.395 e. The number of allylic oxidation sites excluding steroid dienone is 1. The van der Waals surface area contributed by atoms with E-state index in [1.54, 1.807) is 0 Å². The fraction of sp³-hybridized carbons (Fsp3) is 0.308. The maximum absolute atomic E-state index is 11.4. The van der Waals surface area contributed by atoms with Crippen molar-refractivity contribution in [3.63, 3.8) is 0 Å². The summed E-state index contributed by atoms with van der Waals surface area (Å²) in [4.78, 5) is 12.8. The summed E-state index contributed by atoms with van der Waals surface area (Å²) in [5, 5.41) is 8.40. The van der Waals surface area contributed by atoms with E-state index in [0.717, 1.165) is 16.8 Å². The zero-order valence-electron chi connectivity index (χ0n) is 9.98. The lowest BCUT2D eigenvalue weighted by Crippen LogP contribution is -2.28. The predicted octanol–water partition coefficient (Wildman–Crippen LogP) is 3.09. The van der Waals surface area contributed by atoms with Crippen molar-refractivity contribution in [2.75, 3.05) is 13.2 Å². The molecule has 0 aromatic heterocycles. The lowest BCUT2D eigenvalue weighted by molar-refractivity contribution is 0.221. The third-order valence-electron chi connectivity index (χ3n) is 2.33. The van der Waals surface area contributed by atoms with Crippen LogP contribution >= 0.6 is 11.6 Å². The molecule has 1 amide bonds. The number of amides is 1. The summed E-state index contributed by atoms with van der Waals surface area (Å²) < 4.78 is 0. The topological polar surface area (TPSA) is 40.5 Å². The third kappa shape index (κ3) is 3.58. The summed E-state index contributed by atoms with van der Waals surface area (Å²) in [5.41, 5.74) is 2.63. The molecule has 0 aliphatic heterocycles. The number of halogens is 1. The molecule has 0 radical (unpaired) electrons. The second-order valence-electron chi connectivity index (χ2n) is 3.84. The molecule has 3 nitrogen and oxygen atoms in total. The highest BCUT2D eigenvalue weighted by atomic mass is 35.5. The SMILES string of the molecule is CC(C)=C(c1ccccc1)N(CCO)C(=O)Cl. The molecule has 0 saturated carbocycles. The molecule has 1 aromatic carbocycles. The van der Waals surface area contributed by atoms with Crippen molar-refractivity contribution in [1.29, 1.82) is 0 Å². The van der Waals surface area contributed by atoms with Crippen molar-refractivity contribution >= 4 is 22.7 Å². The third-order valence-corrected chi connectivity index (χ3v) is 2.53. The Hall–Kier alpha value is -1.32. The van der Waals surface area contributed by atoms with Gasteiger partial charge in [-0.25, -0.2) is 0 Å². The zero-order valence-corrected chi connectivity index (χ0v) is 10.7. The molecule has 0 atom stereocenters. The molecular formula is C13H16ClNO2. The first-order chi connectivity index (χ1) is 8.07. The summed E-state index contributed by atoms with van der Waals surface area (Å²) in [6, 6.07) is 9.52. The van der Waals surface area contributed by atoms with Crippen LogP contribution in [-0.2, 0) is 0 Å². The quantitative estimate of drug-likeness (QED) is 0.662. The van der Waals surface area contributed by atoms with Crippen LogP contribution in [0.25, 0.3) is 5.70 Å². The summed E-state index contributed by atoms with van der Waals surface area (Å²) in [6.07, 6.45) is 0.